The maximum absolute atomic E-state index is 10.8. The summed E-state index contributed by atoms with van der Waals surface area (Å²) in [5.74, 6) is 0.446. The van der Waals surface area contributed by atoms with Gasteiger partial charge in [0.05, 0.1) is 12.1 Å². The number of aliphatic carboxylic acids is 1. The van der Waals surface area contributed by atoms with Crippen LogP contribution >= 0.6 is 0 Å². The number of hydrogen-bond acceptors (Lipinski definition) is 2. The van der Waals surface area contributed by atoms with Gasteiger partial charge in [0.2, 0.25) is 0 Å². The number of nitrogens with zero attached hydrogens (tertiary/aromatic N) is 2. The van der Waals surface area contributed by atoms with E-state index in [1.54, 1.807) is 0 Å². The summed E-state index contributed by atoms with van der Waals surface area (Å²) in [4.78, 5) is 15.5. The minimum absolute atomic E-state index is 0.129. The van der Waals surface area contributed by atoms with Crippen LogP contribution in [0.5, 0.6) is 0 Å². The predicted molar refractivity (Wildman–Crippen MR) is 58.3 cm³/mol. The van der Waals surface area contributed by atoms with Crippen LogP contribution in [0.3, 0.4) is 0 Å². The van der Waals surface area contributed by atoms with Crippen LogP contribution in [0.1, 0.15) is 43.6 Å². The zero-order chi connectivity index (χ0) is 11.2. The number of hydrogen-bond donors (Lipinski definition) is 1. The number of carboxylic acids is 1. The summed E-state index contributed by atoms with van der Waals surface area (Å²) in [6, 6.07) is 0. The highest BCUT2D eigenvalue weighted by Gasteiger charge is 2.48. The molecule has 1 aromatic heterocycles. The minimum Gasteiger partial charge on any atom is -0.481 e. The van der Waals surface area contributed by atoms with Crippen molar-refractivity contribution < 1.29 is 9.90 Å². The Bertz CT molecular complexity index is 409. The van der Waals surface area contributed by atoms with Crippen LogP contribution in [-0.2, 0) is 23.2 Å². The molecule has 1 N–H and O–H groups in total. The third-order valence-electron chi connectivity index (χ3n) is 3.80. The van der Waals surface area contributed by atoms with Gasteiger partial charge in [0.25, 0.3) is 0 Å². The van der Waals surface area contributed by atoms with Gasteiger partial charge < -0.3 is 9.67 Å². The van der Waals surface area contributed by atoms with Gasteiger partial charge in [-0.15, -0.1) is 0 Å². The molecule has 1 aliphatic carbocycles. The highest BCUT2D eigenvalue weighted by Crippen LogP contribution is 2.50. The van der Waals surface area contributed by atoms with Crippen LogP contribution in [0, 0.1) is 0 Å². The summed E-state index contributed by atoms with van der Waals surface area (Å²) >= 11 is 0. The Labute approximate surface area is 94.3 Å². The average molecular weight is 220 g/mol. The van der Waals surface area contributed by atoms with Crippen LogP contribution in [0.2, 0.25) is 0 Å². The Kier molecular flexibility index (Phi) is 2.06. The molecule has 3 rings (SSSR count). The van der Waals surface area contributed by atoms with E-state index in [1.807, 2.05) is 0 Å². The number of carboxylic acid groups (broad SMARTS) is 1. The van der Waals surface area contributed by atoms with Crippen LogP contribution in [-0.4, -0.2) is 20.6 Å². The summed E-state index contributed by atoms with van der Waals surface area (Å²) in [6.07, 6.45) is 7.76. The van der Waals surface area contributed by atoms with Gasteiger partial charge in [-0.2, -0.15) is 0 Å². The molecule has 0 amide bonds. The third kappa shape index (κ3) is 1.52. The Balaban J connectivity index is 1.89. The van der Waals surface area contributed by atoms with E-state index < -0.39 is 5.97 Å². The maximum Gasteiger partial charge on any atom is 0.304 e. The maximum atomic E-state index is 10.8. The predicted octanol–water partition coefficient (Wildman–Crippen LogP) is 1.73. The molecule has 16 heavy (non-hydrogen) atoms. The summed E-state index contributed by atoms with van der Waals surface area (Å²) in [6.45, 7) is 1.05. The second-order valence-electron chi connectivity index (χ2n) is 5.04. The second kappa shape index (κ2) is 3.34. The lowest BCUT2D eigenvalue weighted by atomic mass is 9.99. The lowest BCUT2D eigenvalue weighted by Crippen LogP contribution is -2.13. The monoisotopic (exact) mass is 220 g/mol. The molecule has 0 radical (unpaired) electrons. The number of carbonyl (C=O) groups is 1. The van der Waals surface area contributed by atoms with E-state index in [2.05, 4.69) is 15.7 Å². The van der Waals surface area contributed by atoms with Crippen molar-refractivity contribution >= 4 is 5.97 Å². The molecule has 86 valence electrons. The first-order valence-corrected chi connectivity index (χ1v) is 5.98. The fourth-order valence-corrected chi connectivity index (χ4v) is 2.63. The second-order valence-corrected chi connectivity index (χ2v) is 5.04. The van der Waals surface area contributed by atoms with E-state index in [-0.39, 0.29) is 11.8 Å². The quantitative estimate of drug-likeness (QED) is 0.844. The van der Waals surface area contributed by atoms with Gasteiger partial charge in [-0.05, 0) is 25.7 Å². The van der Waals surface area contributed by atoms with Crippen molar-refractivity contribution in [2.75, 3.05) is 0 Å². The molecule has 2 heterocycles. The largest absolute Gasteiger partial charge is 0.481 e. The van der Waals surface area contributed by atoms with Crippen molar-refractivity contribution in [2.45, 2.75) is 50.5 Å². The van der Waals surface area contributed by atoms with E-state index in [9.17, 15) is 4.79 Å². The lowest BCUT2D eigenvalue weighted by Gasteiger charge is -2.11. The molecule has 0 unspecified atom stereocenters. The molecule has 4 heteroatoms. The molecular weight excluding hydrogens is 204 g/mol. The van der Waals surface area contributed by atoms with Crippen LogP contribution in [0.4, 0.5) is 0 Å². The molecule has 0 aromatic carbocycles. The van der Waals surface area contributed by atoms with Gasteiger partial charge in [0.15, 0.2) is 0 Å². The zero-order valence-electron chi connectivity index (χ0n) is 9.28. The Morgan fingerprint density at radius 1 is 1.50 bits per heavy atom. The number of rotatable bonds is 3. The summed E-state index contributed by atoms with van der Waals surface area (Å²) < 4.78 is 2.21. The first kappa shape index (κ1) is 9.87. The molecule has 1 aliphatic heterocycles. The van der Waals surface area contributed by atoms with Crippen LogP contribution in [0.25, 0.3) is 0 Å². The highest BCUT2D eigenvalue weighted by molar-refractivity contribution is 5.69. The first-order valence-electron chi connectivity index (χ1n) is 5.98. The number of aryl methyl sites for hydroxylation is 2. The molecule has 4 nitrogen and oxygen atoms in total. The number of fused-ring (bicyclic) bond motifs is 1. The van der Waals surface area contributed by atoms with Crippen LogP contribution < -0.4 is 0 Å². The Hall–Kier alpha value is -1.32. The molecule has 0 saturated heterocycles. The molecule has 1 fully saturated rings. The van der Waals surface area contributed by atoms with Gasteiger partial charge in [-0.3, -0.25) is 4.79 Å². The molecule has 0 bridgehead atoms. The summed E-state index contributed by atoms with van der Waals surface area (Å²) in [5.41, 5.74) is 0.891. The van der Waals surface area contributed by atoms with Crippen molar-refractivity contribution in [3.05, 3.63) is 17.7 Å². The summed E-state index contributed by atoms with van der Waals surface area (Å²) in [5, 5.41) is 8.92. The van der Waals surface area contributed by atoms with Crippen molar-refractivity contribution in [1.29, 1.82) is 0 Å². The van der Waals surface area contributed by atoms with Gasteiger partial charge in [0, 0.05) is 24.6 Å². The first-order chi connectivity index (χ1) is 7.70. The number of imidazole rings is 1. The molecular formula is C12H16N2O2. The van der Waals surface area contributed by atoms with Crippen molar-refractivity contribution in [1.82, 2.24) is 9.55 Å². The molecule has 1 saturated carbocycles. The highest BCUT2D eigenvalue weighted by atomic mass is 16.4. The molecule has 1 aromatic rings. The smallest absolute Gasteiger partial charge is 0.304 e. The van der Waals surface area contributed by atoms with Gasteiger partial charge >= 0.3 is 5.97 Å². The fourth-order valence-electron chi connectivity index (χ4n) is 2.63. The van der Waals surface area contributed by atoms with Gasteiger partial charge in [-0.25, -0.2) is 4.98 Å². The van der Waals surface area contributed by atoms with E-state index in [1.165, 1.54) is 12.8 Å². The van der Waals surface area contributed by atoms with Gasteiger partial charge in [-0.1, -0.05) is 0 Å². The van der Waals surface area contributed by atoms with Crippen molar-refractivity contribution in [2.24, 2.45) is 0 Å². The molecule has 2 aliphatic rings. The summed E-state index contributed by atoms with van der Waals surface area (Å²) in [7, 11) is 0. The lowest BCUT2D eigenvalue weighted by molar-refractivity contribution is -0.137. The molecule has 0 atom stereocenters. The van der Waals surface area contributed by atoms with E-state index in [0.29, 0.717) is 0 Å². The van der Waals surface area contributed by atoms with Crippen molar-refractivity contribution in [3.8, 4) is 0 Å². The minimum atomic E-state index is -0.705. The van der Waals surface area contributed by atoms with Crippen LogP contribution in [0.15, 0.2) is 6.20 Å². The third-order valence-corrected chi connectivity index (χ3v) is 3.80. The number of aromatic nitrogens is 2. The average Bonchev–Trinajstić information content (AvgIpc) is 2.89. The zero-order valence-corrected chi connectivity index (χ0v) is 9.28. The SMILES string of the molecule is O=C(O)CC1(c2cn3c(n2)CCCC3)CC1. The Morgan fingerprint density at radius 3 is 2.94 bits per heavy atom. The topological polar surface area (TPSA) is 55.1 Å². The van der Waals surface area contributed by atoms with Crippen molar-refractivity contribution in [3.63, 3.8) is 0 Å². The normalized spacial score (nSPS) is 21.5. The van der Waals surface area contributed by atoms with Gasteiger partial charge in [0.1, 0.15) is 5.82 Å². The molecule has 0 spiro atoms. The fraction of sp³-hybridized carbons (Fsp3) is 0.667. The van der Waals surface area contributed by atoms with E-state index in [0.717, 1.165) is 37.3 Å². The van der Waals surface area contributed by atoms with E-state index in [4.69, 9.17) is 5.11 Å². The Morgan fingerprint density at radius 2 is 2.31 bits per heavy atom. The standard InChI is InChI=1S/C12H16N2O2/c15-11(16)7-12(4-5-12)9-8-14-6-2-1-3-10(14)13-9/h8H,1-7H2,(H,15,16). The van der Waals surface area contributed by atoms with E-state index >= 15 is 0 Å².